The van der Waals surface area contributed by atoms with Gasteiger partial charge in [-0.25, -0.2) is 4.79 Å². The molecule has 0 atom stereocenters. The molecule has 1 N–H and O–H groups in total. The number of benzene rings is 2. The van der Waals surface area contributed by atoms with Crippen LogP contribution in [0.3, 0.4) is 0 Å². The van der Waals surface area contributed by atoms with E-state index in [0.29, 0.717) is 12.2 Å². The Morgan fingerprint density at radius 3 is 2.33 bits per heavy atom. The number of hydrogen-bond donors (Lipinski definition) is 1. The number of rotatable bonds is 3. The van der Waals surface area contributed by atoms with E-state index in [4.69, 9.17) is 4.74 Å². The van der Waals surface area contributed by atoms with Crippen LogP contribution in [-0.4, -0.2) is 17.7 Å². The van der Waals surface area contributed by atoms with Gasteiger partial charge in [0.25, 0.3) is 0 Å². The second kappa shape index (κ2) is 6.00. The third kappa shape index (κ3) is 2.92. The Bertz CT molecular complexity index is 664. The Labute approximate surface area is 125 Å². The maximum Gasteiger partial charge on any atom is 0.338 e. The number of carbonyl (C=O) groups excluding carboxylic acids is 1. The van der Waals surface area contributed by atoms with Crippen molar-refractivity contribution in [2.24, 2.45) is 0 Å². The lowest BCUT2D eigenvalue weighted by atomic mass is 9.90. The standard InChI is InChI=1S/C18H20O3/c1-5-21-18(20)16-8-6-7-15(13(16)4)17-11(2)9-14(19)10-12(17)3/h6-10,19H,5H2,1-4H3. The predicted molar refractivity (Wildman–Crippen MR) is 83.7 cm³/mol. The summed E-state index contributed by atoms with van der Waals surface area (Å²) in [5, 5.41) is 9.67. The largest absolute Gasteiger partial charge is 0.508 e. The van der Waals surface area contributed by atoms with Gasteiger partial charge >= 0.3 is 5.97 Å². The molecule has 2 rings (SSSR count). The molecule has 2 aromatic carbocycles. The summed E-state index contributed by atoms with van der Waals surface area (Å²) in [7, 11) is 0. The molecule has 0 unspecified atom stereocenters. The first-order chi connectivity index (χ1) is 9.95. The van der Waals surface area contributed by atoms with Gasteiger partial charge in [0.05, 0.1) is 12.2 Å². The van der Waals surface area contributed by atoms with Crippen molar-refractivity contribution < 1.29 is 14.6 Å². The molecular weight excluding hydrogens is 264 g/mol. The quantitative estimate of drug-likeness (QED) is 0.861. The molecule has 0 amide bonds. The van der Waals surface area contributed by atoms with Gasteiger partial charge in [0, 0.05) is 0 Å². The van der Waals surface area contributed by atoms with Gasteiger partial charge in [0.1, 0.15) is 5.75 Å². The molecule has 0 aromatic heterocycles. The van der Waals surface area contributed by atoms with Crippen LogP contribution in [0.1, 0.15) is 34.0 Å². The zero-order valence-electron chi connectivity index (χ0n) is 12.9. The molecule has 0 aliphatic heterocycles. The SMILES string of the molecule is CCOC(=O)c1cccc(-c2c(C)cc(O)cc2C)c1C. The zero-order chi connectivity index (χ0) is 15.6. The van der Waals surface area contributed by atoms with Crippen molar-refractivity contribution in [2.75, 3.05) is 6.61 Å². The summed E-state index contributed by atoms with van der Waals surface area (Å²) in [4.78, 5) is 12.0. The van der Waals surface area contributed by atoms with Crippen molar-refractivity contribution in [3.05, 3.63) is 52.6 Å². The molecule has 0 fully saturated rings. The third-order valence-electron chi connectivity index (χ3n) is 3.62. The van der Waals surface area contributed by atoms with Crippen LogP contribution in [0.25, 0.3) is 11.1 Å². The molecule has 0 saturated heterocycles. The van der Waals surface area contributed by atoms with Crippen LogP contribution in [0.15, 0.2) is 30.3 Å². The number of carbonyl (C=O) groups is 1. The summed E-state index contributed by atoms with van der Waals surface area (Å²) in [6.07, 6.45) is 0. The van der Waals surface area contributed by atoms with E-state index < -0.39 is 0 Å². The lowest BCUT2D eigenvalue weighted by molar-refractivity contribution is 0.0525. The first kappa shape index (κ1) is 15.1. The van der Waals surface area contributed by atoms with E-state index in [1.54, 1.807) is 25.1 Å². The summed E-state index contributed by atoms with van der Waals surface area (Å²) < 4.78 is 5.10. The number of hydrogen-bond acceptors (Lipinski definition) is 3. The van der Waals surface area contributed by atoms with Crippen LogP contribution in [0.4, 0.5) is 0 Å². The van der Waals surface area contributed by atoms with Crippen molar-refractivity contribution >= 4 is 5.97 Å². The second-order valence-corrected chi connectivity index (χ2v) is 5.15. The zero-order valence-corrected chi connectivity index (χ0v) is 12.9. The lowest BCUT2D eigenvalue weighted by Gasteiger charge is -2.15. The van der Waals surface area contributed by atoms with Crippen LogP contribution < -0.4 is 0 Å². The molecule has 2 aromatic rings. The van der Waals surface area contributed by atoms with E-state index in [1.165, 1.54) is 0 Å². The highest BCUT2D eigenvalue weighted by molar-refractivity contribution is 5.94. The number of aryl methyl sites for hydroxylation is 2. The third-order valence-corrected chi connectivity index (χ3v) is 3.62. The minimum atomic E-state index is -0.300. The number of aromatic hydroxyl groups is 1. The summed E-state index contributed by atoms with van der Waals surface area (Å²) in [5.41, 5.74) is 5.49. The van der Waals surface area contributed by atoms with Gasteiger partial charge in [0.2, 0.25) is 0 Å². The van der Waals surface area contributed by atoms with Crippen LogP contribution >= 0.6 is 0 Å². The summed E-state index contributed by atoms with van der Waals surface area (Å²) in [5.74, 6) is -0.0427. The Hall–Kier alpha value is -2.29. The molecule has 0 spiro atoms. The maximum absolute atomic E-state index is 12.0. The normalized spacial score (nSPS) is 10.5. The van der Waals surface area contributed by atoms with Gasteiger partial charge in [-0.3, -0.25) is 0 Å². The van der Waals surface area contributed by atoms with Gasteiger partial charge in [0.15, 0.2) is 0 Å². The number of ether oxygens (including phenoxy) is 1. The average Bonchev–Trinajstić information content (AvgIpc) is 2.39. The number of esters is 1. The van der Waals surface area contributed by atoms with Gasteiger partial charge in [-0.1, -0.05) is 12.1 Å². The van der Waals surface area contributed by atoms with Crippen molar-refractivity contribution in [3.8, 4) is 16.9 Å². The molecule has 0 saturated carbocycles. The fourth-order valence-electron chi connectivity index (χ4n) is 2.70. The Balaban J connectivity index is 2.61. The number of phenolic OH excluding ortho intramolecular Hbond substituents is 1. The first-order valence-electron chi connectivity index (χ1n) is 7.03. The Kier molecular flexibility index (Phi) is 4.32. The topological polar surface area (TPSA) is 46.5 Å². The number of phenols is 1. The molecule has 3 heteroatoms. The minimum Gasteiger partial charge on any atom is -0.508 e. The summed E-state index contributed by atoms with van der Waals surface area (Å²) in [6.45, 7) is 8.00. The van der Waals surface area contributed by atoms with Gasteiger partial charge in [-0.2, -0.15) is 0 Å². The highest BCUT2D eigenvalue weighted by atomic mass is 16.5. The molecule has 0 aliphatic rings. The fraction of sp³-hybridized carbons (Fsp3) is 0.278. The minimum absolute atomic E-state index is 0.257. The van der Waals surface area contributed by atoms with Gasteiger partial charge in [-0.05, 0) is 73.7 Å². The van der Waals surface area contributed by atoms with Crippen molar-refractivity contribution in [3.63, 3.8) is 0 Å². The highest BCUT2D eigenvalue weighted by Crippen LogP contribution is 2.33. The van der Waals surface area contributed by atoms with Gasteiger partial charge < -0.3 is 9.84 Å². The van der Waals surface area contributed by atoms with Crippen LogP contribution in [0, 0.1) is 20.8 Å². The van der Waals surface area contributed by atoms with Crippen LogP contribution in [0.2, 0.25) is 0 Å². The molecule has 0 bridgehead atoms. The Morgan fingerprint density at radius 1 is 1.14 bits per heavy atom. The molecule has 0 radical (unpaired) electrons. The van der Waals surface area contributed by atoms with Crippen LogP contribution in [-0.2, 0) is 4.74 Å². The predicted octanol–water partition coefficient (Wildman–Crippen LogP) is 4.16. The summed E-state index contributed by atoms with van der Waals surface area (Å²) in [6, 6.07) is 9.10. The molecule has 21 heavy (non-hydrogen) atoms. The molecule has 110 valence electrons. The molecule has 0 aliphatic carbocycles. The van der Waals surface area contributed by atoms with E-state index in [2.05, 4.69) is 0 Å². The van der Waals surface area contributed by atoms with Crippen molar-refractivity contribution in [1.82, 2.24) is 0 Å². The van der Waals surface area contributed by atoms with E-state index >= 15 is 0 Å². The Morgan fingerprint density at radius 2 is 1.76 bits per heavy atom. The van der Waals surface area contributed by atoms with Crippen molar-refractivity contribution in [2.45, 2.75) is 27.7 Å². The molecule has 0 heterocycles. The first-order valence-corrected chi connectivity index (χ1v) is 7.03. The monoisotopic (exact) mass is 284 g/mol. The maximum atomic E-state index is 12.0. The summed E-state index contributed by atoms with van der Waals surface area (Å²) >= 11 is 0. The van der Waals surface area contributed by atoms with Crippen LogP contribution in [0.5, 0.6) is 5.75 Å². The van der Waals surface area contributed by atoms with E-state index in [9.17, 15) is 9.90 Å². The molecule has 3 nitrogen and oxygen atoms in total. The van der Waals surface area contributed by atoms with E-state index in [-0.39, 0.29) is 11.7 Å². The molecular formula is C18H20O3. The average molecular weight is 284 g/mol. The fourth-order valence-corrected chi connectivity index (χ4v) is 2.70. The van der Waals surface area contributed by atoms with Crippen molar-refractivity contribution in [1.29, 1.82) is 0 Å². The van der Waals surface area contributed by atoms with E-state index in [0.717, 1.165) is 27.8 Å². The highest BCUT2D eigenvalue weighted by Gasteiger charge is 2.16. The smallest absolute Gasteiger partial charge is 0.338 e. The lowest BCUT2D eigenvalue weighted by Crippen LogP contribution is -2.07. The second-order valence-electron chi connectivity index (χ2n) is 5.15. The van der Waals surface area contributed by atoms with Gasteiger partial charge in [-0.15, -0.1) is 0 Å². The van der Waals surface area contributed by atoms with E-state index in [1.807, 2.05) is 32.9 Å².